The quantitative estimate of drug-likeness (QED) is 0.588. The van der Waals surface area contributed by atoms with Crippen LogP contribution in [0.2, 0.25) is 15.1 Å². The molecule has 5 heteroatoms. The van der Waals surface area contributed by atoms with E-state index in [1.165, 1.54) is 0 Å². The molecular formula is C14H11Cl3N2. The summed E-state index contributed by atoms with van der Waals surface area (Å²) in [6, 6.07) is 12.7. The number of hydrogen-bond donors (Lipinski definition) is 1. The summed E-state index contributed by atoms with van der Waals surface area (Å²) in [6.07, 6.45) is 0. The van der Waals surface area contributed by atoms with Gasteiger partial charge in [0, 0.05) is 10.0 Å². The molecule has 2 aromatic carbocycles. The highest BCUT2D eigenvalue weighted by atomic mass is 35.5. The van der Waals surface area contributed by atoms with E-state index in [0.29, 0.717) is 20.8 Å². The molecule has 0 aliphatic rings. The maximum absolute atomic E-state index is 6.05. The normalized spacial score (nSPS) is 11.5. The SMILES string of the molecule is C/C(=N/Nc1ccc(Cl)cc1Cl)c1ccc(Cl)cc1. The minimum Gasteiger partial charge on any atom is -0.277 e. The summed E-state index contributed by atoms with van der Waals surface area (Å²) in [5.41, 5.74) is 5.45. The van der Waals surface area contributed by atoms with E-state index in [1.54, 1.807) is 18.2 Å². The van der Waals surface area contributed by atoms with Gasteiger partial charge in [0.15, 0.2) is 0 Å². The molecule has 19 heavy (non-hydrogen) atoms. The summed E-state index contributed by atoms with van der Waals surface area (Å²) in [4.78, 5) is 0. The second-order valence-corrected chi connectivity index (χ2v) is 5.22. The van der Waals surface area contributed by atoms with E-state index in [2.05, 4.69) is 10.5 Å². The second-order valence-electron chi connectivity index (χ2n) is 3.94. The van der Waals surface area contributed by atoms with E-state index in [1.807, 2.05) is 31.2 Å². The third-order valence-electron chi connectivity index (χ3n) is 2.54. The van der Waals surface area contributed by atoms with Crippen LogP contribution in [-0.2, 0) is 0 Å². The number of benzene rings is 2. The van der Waals surface area contributed by atoms with Gasteiger partial charge in [0.25, 0.3) is 0 Å². The topological polar surface area (TPSA) is 24.4 Å². The van der Waals surface area contributed by atoms with Crippen LogP contribution >= 0.6 is 34.8 Å². The molecule has 0 bridgehead atoms. The number of halogens is 3. The zero-order chi connectivity index (χ0) is 13.8. The average molecular weight is 314 g/mol. The predicted molar refractivity (Wildman–Crippen MR) is 83.7 cm³/mol. The number of anilines is 1. The Balaban J connectivity index is 2.15. The third kappa shape index (κ3) is 3.87. The van der Waals surface area contributed by atoms with Crippen LogP contribution in [0.5, 0.6) is 0 Å². The van der Waals surface area contributed by atoms with Crippen LogP contribution in [0.3, 0.4) is 0 Å². The first-order valence-electron chi connectivity index (χ1n) is 5.57. The first-order valence-corrected chi connectivity index (χ1v) is 6.71. The lowest BCUT2D eigenvalue weighted by Crippen LogP contribution is -1.99. The molecule has 0 fully saturated rings. The highest BCUT2D eigenvalue weighted by Gasteiger charge is 2.01. The smallest absolute Gasteiger partial charge is 0.0749 e. The molecule has 98 valence electrons. The molecule has 0 atom stereocenters. The molecule has 0 radical (unpaired) electrons. The molecule has 2 nitrogen and oxygen atoms in total. The standard InChI is InChI=1S/C14H11Cl3N2/c1-9(10-2-4-11(15)5-3-10)18-19-14-7-6-12(16)8-13(14)17/h2-8,19H,1H3/b18-9-. The summed E-state index contributed by atoms with van der Waals surface area (Å²) in [5, 5.41) is 6.10. The van der Waals surface area contributed by atoms with Gasteiger partial charge in [0.2, 0.25) is 0 Å². The Bertz CT molecular complexity index is 607. The Hall–Kier alpha value is -1.22. The number of nitrogens with zero attached hydrogens (tertiary/aromatic N) is 1. The molecule has 2 aromatic rings. The van der Waals surface area contributed by atoms with Crippen molar-refractivity contribution in [3.8, 4) is 0 Å². The van der Waals surface area contributed by atoms with Crippen molar-refractivity contribution < 1.29 is 0 Å². The Morgan fingerprint density at radius 3 is 2.21 bits per heavy atom. The molecule has 0 aliphatic carbocycles. The van der Waals surface area contributed by atoms with Crippen LogP contribution in [0.4, 0.5) is 5.69 Å². The molecule has 0 saturated carbocycles. The van der Waals surface area contributed by atoms with Crippen molar-refractivity contribution in [1.82, 2.24) is 0 Å². The van der Waals surface area contributed by atoms with Crippen molar-refractivity contribution in [1.29, 1.82) is 0 Å². The lowest BCUT2D eigenvalue weighted by Gasteiger charge is -2.06. The van der Waals surface area contributed by atoms with Crippen molar-refractivity contribution in [2.45, 2.75) is 6.92 Å². The second kappa shape index (κ2) is 6.29. The molecule has 0 saturated heterocycles. The van der Waals surface area contributed by atoms with E-state index < -0.39 is 0 Å². The minimum absolute atomic E-state index is 0.528. The average Bonchev–Trinajstić information content (AvgIpc) is 2.38. The van der Waals surface area contributed by atoms with Crippen molar-refractivity contribution >= 4 is 46.2 Å². The van der Waals surface area contributed by atoms with E-state index in [0.717, 1.165) is 11.3 Å². The lowest BCUT2D eigenvalue weighted by molar-refractivity contribution is 1.32. The largest absolute Gasteiger partial charge is 0.277 e. The van der Waals surface area contributed by atoms with Gasteiger partial charge in [-0.2, -0.15) is 5.10 Å². The van der Waals surface area contributed by atoms with Gasteiger partial charge in [-0.3, -0.25) is 5.43 Å². The first kappa shape index (κ1) is 14.2. The summed E-state index contributed by atoms with van der Waals surface area (Å²) in [5.74, 6) is 0. The number of rotatable bonds is 3. The summed E-state index contributed by atoms with van der Waals surface area (Å²) in [7, 11) is 0. The van der Waals surface area contributed by atoms with Crippen molar-refractivity contribution in [3.63, 3.8) is 0 Å². The van der Waals surface area contributed by atoms with Gasteiger partial charge >= 0.3 is 0 Å². The summed E-state index contributed by atoms with van der Waals surface area (Å²) < 4.78 is 0. The van der Waals surface area contributed by atoms with Crippen LogP contribution in [0, 0.1) is 0 Å². The van der Waals surface area contributed by atoms with Crippen molar-refractivity contribution in [2.75, 3.05) is 5.43 Å². The van der Waals surface area contributed by atoms with Gasteiger partial charge in [-0.1, -0.05) is 46.9 Å². The van der Waals surface area contributed by atoms with Crippen molar-refractivity contribution in [2.24, 2.45) is 5.10 Å². The van der Waals surface area contributed by atoms with Crippen LogP contribution in [0.1, 0.15) is 12.5 Å². The summed E-state index contributed by atoms with van der Waals surface area (Å²) >= 11 is 17.7. The fourth-order valence-electron chi connectivity index (χ4n) is 1.48. The Labute approximate surface area is 127 Å². The highest BCUT2D eigenvalue weighted by molar-refractivity contribution is 6.36. The zero-order valence-corrected chi connectivity index (χ0v) is 12.4. The number of nitrogens with one attached hydrogen (secondary N) is 1. The van der Waals surface area contributed by atoms with Gasteiger partial charge in [-0.15, -0.1) is 0 Å². The van der Waals surface area contributed by atoms with Crippen LogP contribution in [0.25, 0.3) is 0 Å². The molecular weight excluding hydrogens is 303 g/mol. The first-order chi connectivity index (χ1) is 9.06. The fraction of sp³-hybridized carbons (Fsp3) is 0.0714. The molecule has 0 unspecified atom stereocenters. The highest BCUT2D eigenvalue weighted by Crippen LogP contribution is 2.25. The predicted octanol–water partition coefficient (Wildman–Crippen LogP) is 5.48. The monoisotopic (exact) mass is 312 g/mol. The Morgan fingerprint density at radius 2 is 1.58 bits per heavy atom. The van der Waals surface area contributed by atoms with Gasteiger partial charge < -0.3 is 0 Å². The molecule has 2 rings (SSSR count). The lowest BCUT2D eigenvalue weighted by atomic mass is 10.1. The maximum atomic E-state index is 6.05. The van der Waals surface area contributed by atoms with Gasteiger partial charge in [-0.25, -0.2) is 0 Å². The van der Waals surface area contributed by atoms with E-state index in [-0.39, 0.29) is 0 Å². The molecule has 0 aliphatic heterocycles. The summed E-state index contributed by atoms with van der Waals surface area (Å²) in [6.45, 7) is 1.90. The van der Waals surface area contributed by atoms with Gasteiger partial charge in [0.05, 0.1) is 16.4 Å². The van der Waals surface area contributed by atoms with E-state index >= 15 is 0 Å². The number of hydrogen-bond acceptors (Lipinski definition) is 2. The molecule has 0 amide bonds. The van der Waals surface area contributed by atoms with Crippen LogP contribution in [0.15, 0.2) is 47.6 Å². The molecule has 0 aromatic heterocycles. The molecule has 0 heterocycles. The Morgan fingerprint density at radius 1 is 0.947 bits per heavy atom. The zero-order valence-electron chi connectivity index (χ0n) is 10.1. The van der Waals surface area contributed by atoms with Gasteiger partial charge in [0.1, 0.15) is 0 Å². The van der Waals surface area contributed by atoms with Crippen LogP contribution in [-0.4, -0.2) is 5.71 Å². The van der Waals surface area contributed by atoms with E-state index in [4.69, 9.17) is 34.8 Å². The Kier molecular flexibility index (Phi) is 4.70. The number of hydrazone groups is 1. The third-order valence-corrected chi connectivity index (χ3v) is 3.34. The maximum Gasteiger partial charge on any atom is 0.0749 e. The van der Waals surface area contributed by atoms with Gasteiger partial charge in [-0.05, 0) is 42.8 Å². The fourth-order valence-corrected chi connectivity index (χ4v) is 2.06. The van der Waals surface area contributed by atoms with Crippen molar-refractivity contribution in [3.05, 3.63) is 63.1 Å². The molecule has 0 spiro atoms. The minimum atomic E-state index is 0.528. The van der Waals surface area contributed by atoms with Crippen LogP contribution < -0.4 is 5.43 Å². The van der Waals surface area contributed by atoms with E-state index in [9.17, 15) is 0 Å². The molecule has 1 N–H and O–H groups in total.